The first-order valence-corrected chi connectivity index (χ1v) is 7.77. The molecule has 7 nitrogen and oxygen atoms in total. The number of carbonyl (C=O) groups excluding carboxylic acids is 1. The highest BCUT2D eigenvalue weighted by molar-refractivity contribution is 6.39. The van der Waals surface area contributed by atoms with E-state index in [-0.39, 0.29) is 5.91 Å². The van der Waals surface area contributed by atoms with Crippen molar-refractivity contribution in [2.75, 3.05) is 24.5 Å². The Morgan fingerprint density at radius 2 is 2.45 bits per heavy atom. The summed E-state index contributed by atoms with van der Waals surface area (Å²) in [5.74, 6) is 0.777. The number of carbonyl (C=O) groups is 1. The highest BCUT2D eigenvalue weighted by Crippen LogP contribution is 2.34. The molecule has 2 aliphatic heterocycles. The minimum absolute atomic E-state index is 0.113. The van der Waals surface area contributed by atoms with Crippen LogP contribution in [-0.4, -0.2) is 46.8 Å². The standard InChI is InChI=1S/C15H21N5O2/c1-2-6-17-14(21)12-9-15(22-19-12)5-3-8-20(10-15)13-4-7-16-11-18-13/h4,7,11H,2-3,5-6,8-10H2,1H3,(H,17,21)/t15-/m1/s1. The van der Waals surface area contributed by atoms with Gasteiger partial charge in [0, 0.05) is 25.7 Å². The number of aromatic nitrogens is 2. The molecule has 1 atom stereocenters. The van der Waals surface area contributed by atoms with Gasteiger partial charge in [0.2, 0.25) is 0 Å². The fraction of sp³-hybridized carbons (Fsp3) is 0.600. The molecule has 2 aliphatic rings. The lowest BCUT2D eigenvalue weighted by molar-refractivity contribution is -0.114. The van der Waals surface area contributed by atoms with E-state index in [2.05, 4.69) is 25.3 Å². The zero-order valence-electron chi connectivity index (χ0n) is 12.8. The number of amides is 1. The molecule has 7 heteroatoms. The summed E-state index contributed by atoms with van der Waals surface area (Å²) in [5.41, 5.74) is 0.0974. The van der Waals surface area contributed by atoms with Crippen molar-refractivity contribution in [2.24, 2.45) is 5.16 Å². The monoisotopic (exact) mass is 303 g/mol. The number of rotatable bonds is 4. The normalized spacial score (nSPS) is 24.0. The van der Waals surface area contributed by atoms with Gasteiger partial charge in [0.05, 0.1) is 6.54 Å². The molecule has 3 rings (SSSR count). The summed E-state index contributed by atoms with van der Waals surface area (Å²) in [6.07, 6.45) is 6.65. The van der Waals surface area contributed by atoms with Crippen LogP contribution >= 0.6 is 0 Å². The molecule has 1 fully saturated rings. The highest BCUT2D eigenvalue weighted by Gasteiger charge is 2.44. The Bertz CT molecular complexity index is 562. The highest BCUT2D eigenvalue weighted by atomic mass is 16.7. The lowest BCUT2D eigenvalue weighted by Gasteiger charge is -2.38. The predicted molar refractivity (Wildman–Crippen MR) is 82.6 cm³/mol. The third kappa shape index (κ3) is 3.03. The summed E-state index contributed by atoms with van der Waals surface area (Å²) in [6, 6.07) is 1.89. The summed E-state index contributed by atoms with van der Waals surface area (Å²) in [6.45, 7) is 4.31. The fourth-order valence-electron chi connectivity index (χ4n) is 2.97. The van der Waals surface area contributed by atoms with Crippen LogP contribution in [0.1, 0.15) is 32.6 Å². The molecular formula is C15H21N5O2. The number of piperidine rings is 1. The quantitative estimate of drug-likeness (QED) is 0.901. The van der Waals surface area contributed by atoms with Crippen LogP contribution in [0, 0.1) is 0 Å². The molecule has 1 N–H and O–H groups in total. The average molecular weight is 303 g/mol. The van der Waals surface area contributed by atoms with Crippen LogP contribution in [0.25, 0.3) is 0 Å². The van der Waals surface area contributed by atoms with Crippen molar-refractivity contribution in [2.45, 2.75) is 38.2 Å². The van der Waals surface area contributed by atoms with Gasteiger partial charge >= 0.3 is 0 Å². The molecule has 0 aromatic carbocycles. The SMILES string of the molecule is CCCNC(=O)C1=NO[C@]2(CCCN(c3ccncn3)C2)C1. The molecular weight excluding hydrogens is 282 g/mol. The third-order valence-corrected chi connectivity index (χ3v) is 4.07. The van der Waals surface area contributed by atoms with E-state index in [9.17, 15) is 4.79 Å². The van der Waals surface area contributed by atoms with Crippen molar-refractivity contribution in [1.82, 2.24) is 15.3 Å². The largest absolute Gasteiger partial charge is 0.386 e. The molecule has 1 aromatic heterocycles. The van der Waals surface area contributed by atoms with Crippen molar-refractivity contribution in [3.63, 3.8) is 0 Å². The second-order valence-electron chi connectivity index (χ2n) is 5.84. The number of nitrogens with zero attached hydrogens (tertiary/aromatic N) is 4. The zero-order chi connectivity index (χ0) is 15.4. The summed E-state index contributed by atoms with van der Waals surface area (Å²) in [4.78, 5) is 28.1. The summed E-state index contributed by atoms with van der Waals surface area (Å²) in [5, 5.41) is 6.89. The van der Waals surface area contributed by atoms with Crippen LogP contribution in [0.2, 0.25) is 0 Å². The van der Waals surface area contributed by atoms with Gasteiger partial charge in [-0.2, -0.15) is 0 Å². The summed E-state index contributed by atoms with van der Waals surface area (Å²) < 4.78 is 0. The maximum Gasteiger partial charge on any atom is 0.269 e. The van der Waals surface area contributed by atoms with Gasteiger partial charge in [0.25, 0.3) is 5.91 Å². The molecule has 118 valence electrons. The van der Waals surface area contributed by atoms with Crippen molar-refractivity contribution >= 4 is 17.4 Å². The third-order valence-electron chi connectivity index (χ3n) is 4.07. The molecule has 22 heavy (non-hydrogen) atoms. The van der Waals surface area contributed by atoms with E-state index in [0.29, 0.717) is 25.2 Å². The Hall–Kier alpha value is -2.18. The molecule has 0 unspecified atom stereocenters. The van der Waals surface area contributed by atoms with Gasteiger partial charge in [-0.25, -0.2) is 9.97 Å². The molecule has 0 saturated carbocycles. The lowest BCUT2D eigenvalue weighted by atomic mass is 9.88. The van der Waals surface area contributed by atoms with E-state index in [0.717, 1.165) is 31.6 Å². The molecule has 0 radical (unpaired) electrons. The van der Waals surface area contributed by atoms with Crippen molar-refractivity contribution in [1.29, 1.82) is 0 Å². The predicted octanol–water partition coefficient (Wildman–Crippen LogP) is 1.12. The molecule has 1 amide bonds. The van der Waals surface area contributed by atoms with Gasteiger partial charge < -0.3 is 15.1 Å². The molecule has 1 saturated heterocycles. The van der Waals surface area contributed by atoms with Crippen LogP contribution in [0.3, 0.4) is 0 Å². The van der Waals surface area contributed by atoms with Gasteiger partial charge in [-0.1, -0.05) is 12.1 Å². The Labute approximate surface area is 129 Å². The van der Waals surface area contributed by atoms with Crippen LogP contribution in [0.15, 0.2) is 23.7 Å². The fourth-order valence-corrected chi connectivity index (χ4v) is 2.97. The number of oxime groups is 1. The summed E-state index contributed by atoms with van der Waals surface area (Å²) in [7, 11) is 0. The van der Waals surface area contributed by atoms with E-state index in [1.807, 2.05) is 13.0 Å². The summed E-state index contributed by atoms with van der Waals surface area (Å²) >= 11 is 0. The van der Waals surface area contributed by atoms with Gasteiger partial charge in [0.1, 0.15) is 17.9 Å². The van der Waals surface area contributed by atoms with Gasteiger partial charge in [-0.3, -0.25) is 4.79 Å². The van der Waals surface area contributed by atoms with Crippen molar-refractivity contribution in [3.05, 3.63) is 18.6 Å². The van der Waals surface area contributed by atoms with E-state index in [1.165, 1.54) is 0 Å². The van der Waals surface area contributed by atoms with E-state index in [4.69, 9.17) is 4.84 Å². The maximum absolute atomic E-state index is 12.0. The second kappa shape index (κ2) is 6.29. The molecule has 1 aromatic rings. The number of hydrogen-bond donors (Lipinski definition) is 1. The Balaban J connectivity index is 1.64. The Morgan fingerprint density at radius 3 is 3.23 bits per heavy atom. The lowest BCUT2D eigenvalue weighted by Crippen LogP contribution is -2.49. The van der Waals surface area contributed by atoms with Gasteiger partial charge in [0.15, 0.2) is 5.60 Å². The van der Waals surface area contributed by atoms with E-state index in [1.54, 1.807) is 12.5 Å². The van der Waals surface area contributed by atoms with Crippen LogP contribution in [-0.2, 0) is 9.63 Å². The van der Waals surface area contributed by atoms with E-state index < -0.39 is 5.60 Å². The minimum atomic E-state index is -0.401. The Kier molecular flexibility index (Phi) is 4.22. The van der Waals surface area contributed by atoms with Crippen LogP contribution in [0.5, 0.6) is 0 Å². The van der Waals surface area contributed by atoms with Crippen LogP contribution in [0.4, 0.5) is 5.82 Å². The first-order valence-electron chi connectivity index (χ1n) is 7.77. The smallest absolute Gasteiger partial charge is 0.269 e. The number of nitrogens with one attached hydrogen (secondary N) is 1. The number of hydrogen-bond acceptors (Lipinski definition) is 6. The Morgan fingerprint density at radius 1 is 1.55 bits per heavy atom. The van der Waals surface area contributed by atoms with Gasteiger partial charge in [-0.15, -0.1) is 0 Å². The zero-order valence-corrected chi connectivity index (χ0v) is 12.8. The number of anilines is 1. The average Bonchev–Trinajstić information content (AvgIpc) is 2.97. The first-order chi connectivity index (χ1) is 10.7. The molecule has 3 heterocycles. The first kappa shape index (κ1) is 14.7. The molecule has 0 bridgehead atoms. The maximum atomic E-state index is 12.0. The van der Waals surface area contributed by atoms with E-state index >= 15 is 0 Å². The molecule has 1 spiro atoms. The molecule has 0 aliphatic carbocycles. The minimum Gasteiger partial charge on any atom is -0.386 e. The van der Waals surface area contributed by atoms with Crippen LogP contribution < -0.4 is 10.2 Å². The topological polar surface area (TPSA) is 79.7 Å². The van der Waals surface area contributed by atoms with Crippen molar-refractivity contribution in [3.8, 4) is 0 Å². The van der Waals surface area contributed by atoms with Crippen molar-refractivity contribution < 1.29 is 9.63 Å². The second-order valence-corrected chi connectivity index (χ2v) is 5.84. The van der Waals surface area contributed by atoms with Gasteiger partial charge in [-0.05, 0) is 25.3 Å².